The summed E-state index contributed by atoms with van der Waals surface area (Å²) in [5.41, 5.74) is 5.88. The number of aromatic nitrogens is 2. The van der Waals surface area contributed by atoms with Crippen molar-refractivity contribution in [3.8, 4) is 0 Å². The number of hydrogen-bond acceptors (Lipinski definition) is 4. The Hall–Kier alpha value is -1.07. The molecule has 0 aliphatic carbocycles. The highest BCUT2D eigenvalue weighted by atomic mass is 35.5. The zero-order valence-corrected chi connectivity index (χ0v) is 6.20. The third-order valence-corrected chi connectivity index (χ3v) is 1.64. The largest absolute Gasteiger partial charge is 0.305 e. The SMILES string of the molecule is O=c1[nH]c(Cl)nc2c1CNN2. The molecule has 0 bridgehead atoms. The lowest BCUT2D eigenvalue weighted by atomic mass is 10.3. The molecule has 0 unspecified atom stereocenters. The van der Waals surface area contributed by atoms with Crippen molar-refractivity contribution in [3.63, 3.8) is 0 Å². The maximum atomic E-state index is 11.1. The zero-order valence-electron chi connectivity index (χ0n) is 5.44. The van der Waals surface area contributed by atoms with Gasteiger partial charge in [-0.25, -0.2) is 10.4 Å². The van der Waals surface area contributed by atoms with E-state index in [2.05, 4.69) is 20.8 Å². The molecular formula is C5H5ClN4O. The van der Waals surface area contributed by atoms with Crippen LogP contribution in [0.25, 0.3) is 0 Å². The van der Waals surface area contributed by atoms with Crippen molar-refractivity contribution in [1.82, 2.24) is 15.4 Å². The van der Waals surface area contributed by atoms with Crippen molar-refractivity contribution in [2.45, 2.75) is 6.54 Å². The van der Waals surface area contributed by atoms with E-state index in [1.165, 1.54) is 0 Å². The highest BCUT2D eigenvalue weighted by Gasteiger charge is 2.15. The van der Waals surface area contributed by atoms with E-state index in [1.807, 2.05) is 0 Å². The molecule has 58 valence electrons. The predicted molar refractivity (Wildman–Crippen MR) is 40.3 cm³/mol. The van der Waals surface area contributed by atoms with Gasteiger partial charge in [0, 0.05) is 6.54 Å². The number of hydrogen-bond donors (Lipinski definition) is 3. The van der Waals surface area contributed by atoms with Crippen LogP contribution in [0.15, 0.2) is 4.79 Å². The van der Waals surface area contributed by atoms with Crippen molar-refractivity contribution >= 4 is 17.4 Å². The van der Waals surface area contributed by atoms with Gasteiger partial charge >= 0.3 is 0 Å². The first-order chi connectivity index (χ1) is 5.27. The second-order valence-corrected chi connectivity index (χ2v) is 2.52. The third kappa shape index (κ3) is 0.979. The first-order valence-electron chi connectivity index (χ1n) is 3.05. The van der Waals surface area contributed by atoms with E-state index >= 15 is 0 Å². The van der Waals surface area contributed by atoms with Crippen LogP contribution in [0, 0.1) is 0 Å². The van der Waals surface area contributed by atoms with Crippen molar-refractivity contribution in [2.75, 3.05) is 5.43 Å². The van der Waals surface area contributed by atoms with Gasteiger partial charge in [0.05, 0.1) is 5.56 Å². The highest BCUT2D eigenvalue weighted by Crippen LogP contribution is 2.12. The van der Waals surface area contributed by atoms with E-state index < -0.39 is 0 Å². The Bertz CT molecular complexity index is 347. The molecule has 2 rings (SSSR count). The number of H-pyrrole nitrogens is 1. The van der Waals surface area contributed by atoms with Gasteiger partial charge in [-0.1, -0.05) is 0 Å². The number of rotatable bonds is 0. The normalized spacial score (nSPS) is 14.3. The Morgan fingerprint density at radius 1 is 1.55 bits per heavy atom. The van der Waals surface area contributed by atoms with Gasteiger partial charge in [0.2, 0.25) is 5.28 Å². The van der Waals surface area contributed by atoms with Gasteiger partial charge in [0.1, 0.15) is 0 Å². The minimum Gasteiger partial charge on any atom is -0.305 e. The minimum atomic E-state index is -0.197. The standard InChI is InChI=1S/C5H5ClN4O/c6-5-8-3-2(1-7-10-3)4(11)9-5/h7H,1H2,(H2,8,9,10,11). The fourth-order valence-corrected chi connectivity index (χ4v) is 1.12. The maximum absolute atomic E-state index is 11.1. The van der Waals surface area contributed by atoms with E-state index in [0.717, 1.165) is 0 Å². The number of nitrogens with zero attached hydrogens (tertiary/aromatic N) is 1. The number of nitrogens with one attached hydrogen (secondary N) is 3. The molecule has 0 aromatic carbocycles. The average Bonchev–Trinajstić information content (AvgIpc) is 2.34. The molecule has 3 N–H and O–H groups in total. The van der Waals surface area contributed by atoms with Crippen LogP contribution in [0.2, 0.25) is 5.28 Å². The first-order valence-corrected chi connectivity index (χ1v) is 3.43. The van der Waals surface area contributed by atoms with Gasteiger partial charge in [-0.05, 0) is 11.6 Å². The summed E-state index contributed by atoms with van der Waals surface area (Å²) in [6.07, 6.45) is 0. The van der Waals surface area contributed by atoms with Crippen molar-refractivity contribution in [2.24, 2.45) is 0 Å². The lowest BCUT2D eigenvalue weighted by Crippen LogP contribution is -2.13. The molecule has 0 saturated heterocycles. The number of fused-ring (bicyclic) bond motifs is 1. The number of anilines is 1. The van der Waals surface area contributed by atoms with Gasteiger partial charge in [0.25, 0.3) is 5.56 Å². The summed E-state index contributed by atoms with van der Waals surface area (Å²) in [6, 6.07) is 0. The molecular weight excluding hydrogens is 168 g/mol. The molecule has 0 saturated carbocycles. The molecule has 0 atom stereocenters. The first kappa shape index (κ1) is 6.63. The second kappa shape index (κ2) is 2.21. The molecule has 11 heavy (non-hydrogen) atoms. The van der Waals surface area contributed by atoms with Gasteiger partial charge in [0.15, 0.2) is 5.82 Å². The van der Waals surface area contributed by atoms with Crippen LogP contribution in [0.3, 0.4) is 0 Å². The summed E-state index contributed by atoms with van der Waals surface area (Å²) in [4.78, 5) is 17.3. The Labute approximate surface area is 66.8 Å². The fourth-order valence-electron chi connectivity index (χ4n) is 0.954. The van der Waals surface area contributed by atoms with Crippen LogP contribution in [0.1, 0.15) is 5.56 Å². The van der Waals surface area contributed by atoms with Gasteiger partial charge in [-0.15, -0.1) is 0 Å². The maximum Gasteiger partial charge on any atom is 0.258 e. The van der Waals surface area contributed by atoms with Gasteiger partial charge < -0.3 is 5.43 Å². The monoisotopic (exact) mass is 172 g/mol. The summed E-state index contributed by atoms with van der Waals surface area (Å²) >= 11 is 5.49. The van der Waals surface area contributed by atoms with Crippen LogP contribution in [0.5, 0.6) is 0 Å². The summed E-state index contributed by atoms with van der Waals surface area (Å²) in [5, 5.41) is 0.102. The Morgan fingerprint density at radius 2 is 2.36 bits per heavy atom. The summed E-state index contributed by atoms with van der Waals surface area (Å²) < 4.78 is 0. The molecule has 0 radical (unpaired) electrons. The minimum absolute atomic E-state index is 0.102. The lowest BCUT2D eigenvalue weighted by molar-refractivity contribution is 0.852. The van der Waals surface area contributed by atoms with Crippen molar-refractivity contribution in [1.29, 1.82) is 0 Å². The third-order valence-electron chi connectivity index (χ3n) is 1.46. The van der Waals surface area contributed by atoms with Crippen LogP contribution in [-0.4, -0.2) is 9.97 Å². The molecule has 1 aromatic rings. The van der Waals surface area contributed by atoms with Crippen LogP contribution in [-0.2, 0) is 6.54 Å². The lowest BCUT2D eigenvalue weighted by Gasteiger charge is -1.95. The Kier molecular flexibility index (Phi) is 1.33. The van der Waals surface area contributed by atoms with Gasteiger partial charge in [-0.3, -0.25) is 9.78 Å². The van der Waals surface area contributed by atoms with Crippen LogP contribution in [0.4, 0.5) is 5.82 Å². The van der Waals surface area contributed by atoms with E-state index in [-0.39, 0.29) is 10.8 Å². The molecule has 5 nitrogen and oxygen atoms in total. The molecule has 6 heteroatoms. The molecule has 0 amide bonds. The molecule has 1 aliphatic rings. The average molecular weight is 173 g/mol. The Morgan fingerprint density at radius 3 is 3.18 bits per heavy atom. The summed E-state index contributed by atoms with van der Waals surface area (Å²) in [6.45, 7) is 0.481. The summed E-state index contributed by atoms with van der Waals surface area (Å²) in [5.74, 6) is 0.513. The fraction of sp³-hybridized carbons (Fsp3) is 0.200. The topological polar surface area (TPSA) is 69.8 Å². The molecule has 1 aliphatic heterocycles. The van der Waals surface area contributed by atoms with Crippen molar-refractivity contribution in [3.05, 3.63) is 21.2 Å². The van der Waals surface area contributed by atoms with E-state index in [4.69, 9.17) is 11.6 Å². The quantitative estimate of drug-likeness (QED) is 0.476. The van der Waals surface area contributed by atoms with E-state index in [9.17, 15) is 4.79 Å². The summed E-state index contributed by atoms with van der Waals surface area (Å²) in [7, 11) is 0. The Balaban J connectivity index is 2.70. The molecule has 0 fully saturated rings. The molecule has 1 aromatic heterocycles. The highest BCUT2D eigenvalue weighted by molar-refractivity contribution is 6.28. The van der Waals surface area contributed by atoms with E-state index in [1.54, 1.807) is 0 Å². The van der Waals surface area contributed by atoms with Crippen LogP contribution >= 0.6 is 11.6 Å². The molecule has 0 spiro atoms. The number of hydrazine groups is 1. The van der Waals surface area contributed by atoms with E-state index in [0.29, 0.717) is 17.9 Å². The smallest absolute Gasteiger partial charge is 0.258 e. The molecule has 2 heterocycles. The number of aromatic amines is 1. The second-order valence-electron chi connectivity index (χ2n) is 2.16. The predicted octanol–water partition coefficient (Wildman–Crippen LogP) is -0.147. The van der Waals surface area contributed by atoms with Crippen molar-refractivity contribution < 1.29 is 0 Å². The zero-order chi connectivity index (χ0) is 7.84. The number of halogens is 1. The van der Waals surface area contributed by atoms with Gasteiger partial charge in [-0.2, -0.15) is 0 Å². The van der Waals surface area contributed by atoms with Crippen LogP contribution < -0.4 is 16.4 Å².